The van der Waals surface area contributed by atoms with Gasteiger partial charge in [-0.1, -0.05) is 41.9 Å². The number of hydrogen-bond acceptors (Lipinski definition) is 8. The topological polar surface area (TPSA) is 166 Å². The van der Waals surface area contributed by atoms with Gasteiger partial charge in [0.15, 0.2) is 5.82 Å². The molecule has 0 bridgehead atoms. The smallest absolute Gasteiger partial charge is 0.490 e. The van der Waals surface area contributed by atoms with E-state index in [9.17, 15) is 26.4 Å². The molecule has 0 saturated carbocycles. The number of carboxylic acids is 1. The molecule has 0 aliphatic carbocycles. The maximum atomic E-state index is 12.9. The number of ether oxygens (including phenoxy) is 1. The molecule has 2 aromatic carbocycles. The number of nitrogens with two attached hydrogens (primary N) is 1. The third kappa shape index (κ3) is 8.32. The summed E-state index contributed by atoms with van der Waals surface area (Å²) in [6.45, 7) is 0.651. The highest BCUT2D eigenvalue weighted by Gasteiger charge is 2.38. The van der Waals surface area contributed by atoms with Crippen LogP contribution in [0.3, 0.4) is 0 Å². The van der Waals surface area contributed by atoms with Crippen LogP contribution in [0.4, 0.5) is 19.0 Å². The Kier molecular flexibility index (Phi) is 10.2. The number of sulfonamides is 1. The van der Waals surface area contributed by atoms with Gasteiger partial charge in [-0.2, -0.15) is 18.3 Å². The Morgan fingerprint density at radius 1 is 1.15 bits per heavy atom. The Bertz CT molecular complexity index is 1660. The van der Waals surface area contributed by atoms with Crippen molar-refractivity contribution < 1.29 is 41.0 Å². The number of methoxy groups -OCH3 is 1. The van der Waals surface area contributed by atoms with Gasteiger partial charge in [-0.25, -0.2) is 13.2 Å². The van der Waals surface area contributed by atoms with Gasteiger partial charge in [0.25, 0.3) is 10.0 Å². The van der Waals surface area contributed by atoms with Crippen LogP contribution in [-0.2, 0) is 32.7 Å². The molecule has 4 rings (SSSR count). The van der Waals surface area contributed by atoms with Crippen molar-refractivity contribution in [3.8, 4) is 5.75 Å². The maximum Gasteiger partial charge on any atom is 0.490 e. The van der Waals surface area contributed by atoms with Gasteiger partial charge in [0.05, 0.1) is 35.4 Å². The number of alkyl halides is 3. The first kappa shape index (κ1) is 31.7. The van der Waals surface area contributed by atoms with Crippen molar-refractivity contribution in [1.29, 1.82) is 0 Å². The number of anilines is 1. The zero-order chi connectivity index (χ0) is 30.4. The molecule has 0 aliphatic heterocycles. The van der Waals surface area contributed by atoms with Gasteiger partial charge in [-0.05, 0) is 35.4 Å². The van der Waals surface area contributed by atoms with Gasteiger partial charge in [-0.3, -0.25) is 14.2 Å². The lowest BCUT2D eigenvalue weighted by Gasteiger charge is -2.08. The average molecular weight is 634 g/mol. The fourth-order valence-corrected chi connectivity index (χ4v) is 5.96. The summed E-state index contributed by atoms with van der Waals surface area (Å²) in [7, 11) is -2.37. The molecule has 41 heavy (non-hydrogen) atoms. The second-order valence-corrected chi connectivity index (χ2v) is 11.8. The van der Waals surface area contributed by atoms with E-state index in [1.165, 1.54) is 19.2 Å². The minimum atomic E-state index is -5.08. The summed E-state index contributed by atoms with van der Waals surface area (Å²) in [5.41, 5.74) is 7.87. The van der Waals surface area contributed by atoms with Gasteiger partial charge < -0.3 is 20.9 Å². The van der Waals surface area contributed by atoms with E-state index in [0.29, 0.717) is 34.1 Å². The molecule has 5 N–H and O–H groups in total. The third-order valence-corrected chi connectivity index (χ3v) is 8.31. The zero-order valence-electron chi connectivity index (χ0n) is 21.1. The number of amides is 1. The molecular formula is C24H23ClF3N5O6S2. The van der Waals surface area contributed by atoms with Gasteiger partial charge in [-0.15, -0.1) is 11.3 Å². The molecule has 0 unspecified atom stereocenters. The molecule has 17 heteroatoms. The highest BCUT2D eigenvalue weighted by atomic mass is 35.5. The van der Waals surface area contributed by atoms with Crippen molar-refractivity contribution in [2.75, 3.05) is 18.4 Å². The number of fused-ring (bicyclic) bond motifs is 1. The summed E-state index contributed by atoms with van der Waals surface area (Å²) in [6.07, 6.45) is -5.08. The second kappa shape index (κ2) is 13.2. The minimum Gasteiger partial charge on any atom is -0.496 e. The monoisotopic (exact) mass is 633 g/mol. The Morgan fingerprint density at radius 3 is 2.39 bits per heavy atom. The normalized spacial score (nSPS) is 11.5. The summed E-state index contributed by atoms with van der Waals surface area (Å²) >= 11 is 6.88. The van der Waals surface area contributed by atoms with Crippen molar-refractivity contribution >= 4 is 61.6 Å². The largest absolute Gasteiger partial charge is 0.496 e. The molecule has 2 heterocycles. The molecule has 0 saturated heterocycles. The summed E-state index contributed by atoms with van der Waals surface area (Å²) in [6, 6.07) is 16.0. The summed E-state index contributed by atoms with van der Waals surface area (Å²) < 4.78 is 67.8. The van der Waals surface area contributed by atoms with Crippen LogP contribution in [0.5, 0.6) is 5.75 Å². The number of halogens is 4. The Hall–Kier alpha value is -3.86. The zero-order valence-corrected chi connectivity index (χ0v) is 23.5. The van der Waals surface area contributed by atoms with Crippen LogP contribution in [0, 0.1) is 0 Å². The molecule has 4 aromatic rings. The molecule has 0 aliphatic rings. The van der Waals surface area contributed by atoms with Gasteiger partial charge >= 0.3 is 12.1 Å². The van der Waals surface area contributed by atoms with Crippen LogP contribution >= 0.6 is 22.9 Å². The Morgan fingerprint density at radius 2 is 1.80 bits per heavy atom. The lowest BCUT2D eigenvalue weighted by Crippen LogP contribution is -2.29. The van der Waals surface area contributed by atoms with Crippen LogP contribution < -0.4 is 20.5 Å². The van der Waals surface area contributed by atoms with E-state index in [-0.39, 0.29) is 22.5 Å². The SMILES string of the molecule is COc1cccc2c1c(NS(=O)(=O)c1ccc(Cl)s1)nn2Cc1cccc(CNC(=O)CN)c1.O=C(O)C(F)(F)F. The highest BCUT2D eigenvalue weighted by Crippen LogP contribution is 2.35. The maximum absolute atomic E-state index is 12.9. The molecule has 2 aromatic heterocycles. The molecule has 220 valence electrons. The molecule has 0 radical (unpaired) electrons. The highest BCUT2D eigenvalue weighted by molar-refractivity contribution is 7.94. The fourth-order valence-electron chi connectivity index (χ4n) is 3.46. The van der Waals surface area contributed by atoms with Crippen molar-refractivity contribution in [3.63, 3.8) is 0 Å². The van der Waals surface area contributed by atoms with Crippen LogP contribution in [0.2, 0.25) is 4.34 Å². The van der Waals surface area contributed by atoms with Crippen LogP contribution in [0.15, 0.2) is 58.8 Å². The number of rotatable bonds is 9. The second-order valence-electron chi connectivity index (χ2n) is 8.13. The number of nitrogens with zero attached hydrogens (tertiary/aromatic N) is 2. The van der Waals surface area contributed by atoms with E-state index in [0.717, 1.165) is 22.5 Å². The number of aliphatic carboxylic acids is 1. The lowest BCUT2D eigenvalue weighted by molar-refractivity contribution is -0.192. The van der Waals surface area contributed by atoms with E-state index in [4.69, 9.17) is 32.0 Å². The minimum absolute atomic E-state index is 0.0723. The summed E-state index contributed by atoms with van der Waals surface area (Å²) in [4.78, 5) is 20.4. The van der Waals surface area contributed by atoms with Crippen molar-refractivity contribution in [2.45, 2.75) is 23.5 Å². The summed E-state index contributed by atoms with van der Waals surface area (Å²) in [5, 5.41) is 15.0. The molecule has 11 nitrogen and oxygen atoms in total. The fraction of sp³-hybridized carbons (Fsp3) is 0.208. The molecule has 1 amide bonds. The first-order valence-electron chi connectivity index (χ1n) is 11.4. The number of benzene rings is 2. The number of carbonyl (C=O) groups excluding carboxylic acids is 1. The van der Waals surface area contributed by atoms with Crippen molar-refractivity contribution in [2.24, 2.45) is 5.73 Å². The quantitative estimate of drug-likeness (QED) is 0.216. The lowest BCUT2D eigenvalue weighted by atomic mass is 10.1. The standard InChI is InChI=1S/C22H22ClN5O4S2.C2HF3O2/c1-32-17-7-3-6-16-21(17)22(27-34(30,31)20-9-8-18(23)33-20)26-28(16)13-15-5-2-4-14(10-15)12-25-19(29)11-24;3-2(4,5)1(6)7/h2-10H,11-13,24H2,1H3,(H,25,29)(H,26,27);(H,6,7). The molecule has 0 fully saturated rings. The van der Waals surface area contributed by atoms with Crippen molar-refractivity contribution in [3.05, 3.63) is 70.1 Å². The first-order chi connectivity index (χ1) is 19.2. The number of carboxylic acid groups (broad SMARTS) is 1. The number of hydrogen-bond donors (Lipinski definition) is 4. The van der Waals surface area contributed by atoms with Crippen LogP contribution in [0.25, 0.3) is 10.9 Å². The van der Waals surface area contributed by atoms with Gasteiger partial charge in [0.1, 0.15) is 9.96 Å². The molecule has 0 atom stereocenters. The van der Waals surface area contributed by atoms with Crippen LogP contribution in [0.1, 0.15) is 11.1 Å². The first-order valence-corrected chi connectivity index (χ1v) is 14.1. The number of carbonyl (C=O) groups is 2. The molecule has 0 spiro atoms. The average Bonchev–Trinajstić information content (AvgIpc) is 3.51. The van der Waals surface area contributed by atoms with Gasteiger partial charge in [0, 0.05) is 6.54 Å². The Labute approximate surface area is 240 Å². The predicted octanol–water partition coefficient (Wildman–Crippen LogP) is 3.82. The van der Waals surface area contributed by atoms with E-state index < -0.39 is 22.2 Å². The van der Waals surface area contributed by atoms with Crippen LogP contribution in [-0.4, -0.2) is 55.0 Å². The third-order valence-electron chi connectivity index (χ3n) is 5.25. The van der Waals surface area contributed by atoms with Gasteiger partial charge in [0.2, 0.25) is 5.91 Å². The van der Waals surface area contributed by atoms with E-state index >= 15 is 0 Å². The molecular weight excluding hydrogens is 611 g/mol. The van der Waals surface area contributed by atoms with E-state index in [1.807, 2.05) is 36.4 Å². The van der Waals surface area contributed by atoms with E-state index in [1.54, 1.807) is 10.7 Å². The summed E-state index contributed by atoms with van der Waals surface area (Å²) in [5.74, 6) is -2.35. The number of thiophene rings is 1. The number of nitrogens with one attached hydrogen (secondary N) is 2. The predicted molar refractivity (Wildman–Crippen MR) is 147 cm³/mol. The van der Waals surface area contributed by atoms with E-state index in [2.05, 4.69) is 15.1 Å². The Balaban J connectivity index is 0.000000587. The number of aromatic nitrogens is 2. The van der Waals surface area contributed by atoms with Crippen molar-refractivity contribution in [1.82, 2.24) is 15.1 Å².